The van der Waals surface area contributed by atoms with E-state index >= 15 is 0 Å². The van der Waals surface area contributed by atoms with Crippen LogP contribution >= 0.6 is 0 Å². The standard InChI is InChI=1S/C15H20N2O3/c16-12-6-4-5-11(9-12)15(20)17(10-14(18)19)13-7-2-1-3-8-13/h1-3,7-8,11-12H,4-6,9-10,16H2,(H,18,19). The van der Waals surface area contributed by atoms with Crippen LogP contribution in [0.25, 0.3) is 0 Å². The van der Waals surface area contributed by atoms with Crippen molar-refractivity contribution >= 4 is 17.6 Å². The Hall–Kier alpha value is -1.88. The van der Waals surface area contributed by atoms with Crippen LogP contribution in [0.15, 0.2) is 30.3 Å². The molecule has 1 fully saturated rings. The van der Waals surface area contributed by atoms with Crippen LogP contribution in [-0.2, 0) is 9.59 Å². The van der Waals surface area contributed by atoms with Gasteiger partial charge in [0.1, 0.15) is 6.54 Å². The lowest BCUT2D eigenvalue weighted by molar-refractivity contribution is -0.137. The van der Waals surface area contributed by atoms with Crippen LogP contribution in [0.1, 0.15) is 25.7 Å². The number of amides is 1. The van der Waals surface area contributed by atoms with Gasteiger partial charge in [0.15, 0.2) is 0 Å². The molecule has 1 amide bonds. The summed E-state index contributed by atoms with van der Waals surface area (Å²) in [7, 11) is 0. The number of carbonyl (C=O) groups is 2. The van der Waals surface area contributed by atoms with Gasteiger partial charge in [0, 0.05) is 17.6 Å². The lowest BCUT2D eigenvalue weighted by atomic mass is 9.85. The normalized spacial score (nSPS) is 22.2. The first-order valence-corrected chi connectivity index (χ1v) is 6.91. The average Bonchev–Trinajstić information content (AvgIpc) is 2.45. The summed E-state index contributed by atoms with van der Waals surface area (Å²) in [4.78, 5) is 25.0. The monoisotopic (exact) mass is 276 g/mol. The Morgan fingerprint density at radius 1 is 1.25 bits per heavy atom. The molecule has 108 valence electrons. The van der Waals surface area contributed by atoms with E-state index in [4.69, 9.17) is 10.8 Å². The van der Waals surface area contributed by atoms with Gasteiger partial charge in [-0.25, -0.2) is 0 Å². The summed E-state index contributed by atoms with van der Waals surface area (Å²) in [6.07, 6.45) is 3.29. The molecule has 2 atom stereocenters. The summed E-state index contributed by atoms with van der Waals surface area (Å²) in [6.45, 7) is -0.311. The predicted octanol–water partition coefficient (Wildman–Crippen LogP) is 1.62. The maximum Gasteiger partial charge on any atom is 0.323 e. The number of anilines is 1. The first-order valence-electron chi connectivity index (χ1n) is 6.91. The van der Waals surface area contributed by atoms with Crippen molar-refractivity contribution in [2.24, 2.45) is 11.7 Å². The summed E-state index contributed by atoms with van der Waals surface area (Å²) in [6, 6.07) is 8.98. The Bertz CT molecular complexity index is 475. The fourth-order valence-corrected chi connectivity index (χ4v) is 2.71. The highest BCUT2D eigenvalue weighted by Gasteiger charge is 2.30. The second kappa shape index (κ2) is 6.52. The van der Waals surface area contributed by atoms with Crippen molar-refractivity contribution in [3.8, 4) is 0 Å². The van der Waals surface area contributed by atoms with Gasteiger partial charge in [-0.2, -0.15) is 0 Å². The SMILES string of the molecule is NC1CCCC(C(=O)N(CC(=O)O)c2ccccc2)C1. The van der Waals surface area contributed by atoms with Gasteiger partial charge in [-0.15, -0.1) is 0 Å². The Morgan fingerprint density at radius 2 is 1.95 bits per heavy atom. The van der Waals surface area contributed by atoms with Gasteiger partial charge < -0.3 is 15.7 Å². The van der Waals surface area contributed by atoms with E-state index in [1.54, 1.807) is 24.3 Å². The topological polar surface area (TPSA) is 83.6 Å². The Balaban J connectivity index is 2.18. The third-order valence-corrected chi connectivity index (χ3v) is 3.69. The number of hydrogen-bond acceptors (Lipinski definition) is 3. The number of aliphatic carboxylic acids is 1. The fraction of sp³-hybridized carbons (Fsp3) is 0.467. The summed E-state index contributed by atoms with van der Waals surface area (Å²) >= 11 is 0. The zero-order valence-electron chi connectivity index (χ0n) is 11.4. The number of carbonyl (C=O) groups excluding carboxylic acids is 1. The van der Waals surface area contributed by atoms with Crippen LogP contribution in [-0.4, -0.2) is 29.6 Å². The van der Waals surface area contributed by atoms with Gasteiger partial charge in [-0.3, -0.25) is 9.59 Å². The van der Waals surface area contributed by atoms with Gasteiger partial charge >= 0.3 is 5.97 Å². The highest BCUT2D eigenvalue weighted by Crippen LogP contribution is 2.27. The third-order valence-electron chi connectivity index (χ3n) is 3.69. The van der Waals surface area contributed by atoms with Crippen LogP contribution in [0.5, 0.6) is 0 Å². The largest absolute Gasteiger partial charge is 0.480 e. The number of benzene rings is 1. The molecule has 5 nitrogen and oxygen atoms in total. The molecule has 1 aliphatic rings. The van der Waals surface area contributed by atoms with E-state index in [2.05, 4.69) is 0 Å². The molecule has 0 spiro atoms. The summed E-state index contributed by atoms with van der Waals surface area (Å²) in [5.74, 6) is -1.31. The van der Waals surface area contributed by atoms with Gasteiger partial charge in [-0.1, -0.05) is 24.6 Å². The van der Waals surface area contributed by atoms with Gasteiger partial charge in [-0.05, 0) is 31.4 Å². The molecule has 5 heteroatoms. The van der Waals surface area contributed by atoms with E-state index in [1.165, 1.54) is 4.90 Å². The van der Waals surface area contributed by atoms with E-state index in [-0.39, 0.29) is 24.4 Å². The van der Waals surface area contributed by atoms with Gasteiger partial charge in [0.2, 0.25) is 5.91 Å². The lowest BCUT2D eigenvalue weighted by Gasteiger charge is -2.30. The number of para-hydroxylation sites is 1. The molecule has 0 aromatic heterocycles. The zero-order valence-corrected chi connectivity index (χ0v) is 11.4. The van der Waals surface area contributed by atoms with Crippen LogP contribution in [0, 0.1) is 5.92 Å². The third kappa shape index (κ3) is 3.57. The summed E-state index contributed by atoms with van der Waals surface area (Å²) < 4.78 is 0. The molecule has 0 saturated heterocycles. The minimum atomic E-state index is -1.01. The molecule has 20 heavy (non-hydrogen) atoms. The molecule has 0 bridgehead atoms. The van der Waals surface area contributed by atoms with Crippen LogP contribution in [0.2, 0.25) is 0 Å². The molecular weight excluding hydrogens is 256 g/mol. The highest BCUT2D eigenvalue weighted by atomic mass is 16.4. The molecule has 1 aromatic rings. The van der Waals surface area contributed by atoms with E-state index in [9.17, 15) is 9.59 Å². The molecule has 1 aromatic carbocycles. The fourth-order valence-electron chi connectivity index (χ4n) is 2.71. The van der Waals surface area contributed by atoms with E-state index in [0.717, 1.165) is 19.3 Å². The first kappa shape index (κ1) is 14.5. The van der Waals surface area contributed by atoms with Gasteiger partial charge in [0.25, 0.3) is 0 Å². The summed E-state index contributed by atoms with van der Waals surface area (Å²) in [5.41, 5.74) is 6.54. The van der Waals surface area contributed by atoms with Crippen molar-refractivity contribution in [2.45, 2.75) is 31.7 Å². The molecule has 0 aliphatic heterocycles. The van der Waals surface area contributed by atoms with Crippen LogP contribution in [0.3, 0.4) is 0 Å². The van der Waals surface area contributed by atoms with E-state index in [0.29, 0.717) is 12.1 Å². The molecule has 0 heterocycles. The minimum Gasteiger partial charge on any atom is -0.480 e. The number of nitrogens with zero attached hydrogens (tertiary/aromatic N) is 1. The molecule has 1 aliphatic carbocycles. The number of carboxylic acid groups (broad SMARTS) is 1. The van der Waals surface area contributed by atoms with Crippen molar-refractivity contribution < 1.29 is 14.7 Å². The zero-order chi connectivity index (χ0) is 14.5. The van der Waals surface area contributed by atoms with Crippen molar-refractivity contribution in [2.75, 3.05) is 11.4 Å². The quantitative estimate of drug-likeness (QED) is 0.875. The predicted molar refractivity (Wildman–Crippen MR) is 76.4 cm³/mol. The Labute approximate surface area is 118 Å². The van der Waals surface area contributed by atoms with Crippen molar-refractivity contribution in [1.82, 2.24) is 0 Å². The smallest absolute Gasteiger partial charge is 0.323 e. The molecule has 1 saturated carbocycles. The highest BCUT2D eigenvalue weighted by molar-refractivity contribution is 5.98. The molecule has 2 unspecified atom stereocenters. The van der Waals surface area contributed by atoms with Crippen LogP contribution < -0.4 is 10.6 Å². The average molecular weight is 276 g/mol. The number of rotatable bonds is 4. The number of hydrogen-bond donors (Lipinski definition) is 2. The minimum absolute atomic E-state index is 0.0418. The number of carboxylic acids is 1. The van der Waals surface area contributed by atoms with Crippen molar-refractivity contribution in [3.63, 3.8) is 0 Å². The van der Waals surface area contributed by atoms with Gasteiger partial charge in [0.05, 0.1) is 0 Å². The van der Waals surface area contributed by atoms with Crippen LogP contribution in [0.4, 0.5) is 5.69 Å². The molecular formula is C15H20N2O3. The van der Waals surface area contributed by atoms with Crippen molar-refractivity contribution in [3.05, 3.63) is 30.3 Å². The Kier molecular flexibility index (Phi) is 4.74. The summed E-state index contributed by atoms with van der Waals surface area (Å²) in [5, 5.41) is 9.03. The molecule has 3 N–H and O–H groups in total. The maximum absolute atomic E-state index is 12.6. The second-order valence-corrected chi connectivity index (χ2v) is 5.28. The first-order chi connectivity index (χ1) is 9.58. The Morgan fingerprint density at radius 3 is 2.55 bits per heavy atom. The maximum atomic E-state index is 12.6. The van der Waals surface area contributed by atoms with E-state index in [1.807, 2.05) is 6.07 Å². The van der Waals surface area contributed by atoms with Crippen molar-refractivity contribution in [1.29, 1.82) is 0 Å². The second-order valence-electron chi connectivity index (χ2n) is 5.28. The number of nitrogens with two attached hydrogens (primary N) is 1. The molecule has 2 rings (SSSR count). The lowest BCUT2D eigenvalue weighted by Crippen LogP contribution is -2.43. The molecule has 0 radical (unpaired) electrons. The van der Waals surface area contributed by atoms with E-state index < -0.39 is 5.97 Å².